The minimum absolute atomic E-state index is 0.249. The van der Waals surface area contributed by atoms with Crippen LogP contribution in [-0.2, 0) is 0 Å². The van der Waals surface area contributed by atoms with Crippen LogP contribution in [0.1, 0.15) is 46.9 Å². The van der Waals surface area contributed by atoms with Crippen molar-refractivity contribution in [1.82, 2.24) is 9.97 Å². The Morgan fingerprint density at radius 1 is 1.00 bits per heavy atom. The first-order chi connectivity index (χ1) is 12.9. The molecule has 0 spiro atoms. The Morgan fingerprint density at radius 2 is 1.74 bits per heavy atom. The van der Waals surface area contributed by atoms with Crippen LogP contribution in [0.3, 0.4) is 0 Å². The van der Waals surface area contributed by atoms with Crippen molar-refractivity contribution in [3.8, 4) is 0 Å². The van der Waals surface area contributed by atoms with E-state index in [-0.39, 0.29) is 5.91 Å². The smallest absolute Gasteiger partial charge is 0.274 e. The fraction of sp³-hybridized carbons (Fsp3) is 0.227. The van der Waals surface area contributed by atoms with Gasteiger partial charge in [0.25, 0.3) is 5.91 Å². The molecule has 0 atom stereocenters. The van der Waals surface area contributed by atoms with Gasteiger partial charge in [-0.1, -0.05) is 49.7 Å². The summed E-state index contributed by atoms with van der Waals surface area (Å²) in [6.45, 7) is 8.24. The average Bonchev–Trinajstić information content (AvgIpc) is 2.65. The van der Waals surface area contributed by atoms with Gasteiger partial charge in [0.05, 0.1) is 0 Å². The fourth-order valence-electron chi connectivity index (χ4n) is 2.83. The van der Waals surface area contributed by atoms with Crippen LogP contribution in [0.5, 0.6) is 0 Å². The van der Waals surface area contributed by atoms with Gasteiger partial charge >= 0.3 is 0 Å². The molecule has 0 bridgehead atoms. The van der Waals surface area contributed by atoms with Crippen LogP contribution in [0, 0.1) is 13.8 Å². The Kier molecular flexibility index (Phi) is 5.50. The first kappa shape index (κ1) is 18.6. The first-order valence-corrected chi connectivity index (χ1v) is 9.01. The molecule has 5 heteroatoms. The minimum Gasteiger partial charge on any atom is -0.324 e. The number of rotatable bonds is 5. The summed E-state index contributed by atoms with van der Waals surface area (Å²) in [6.07, 6.45) is 1.58. The monoisotopic (exact) mass is 360 g/mol. The van der Waals surface area contributed by atoms with Crippen molar-refractivity contribution in [2.45, 2.75) is 33.6 Å². The summed E-state index contributed by atoms with van der Waals surface area (Å²) >= 11 is 0. The van der Waals surface area contributed by atoms with E-state index in [1.807, 2.05) is 56.3 Å². The Labute approximate surface area is 159 Å². The number of carbonyl (C=O) groups excluding carboxylic acids is 1. The molecular weight excluding hydrogens is 336 g/mol. The number of benzene rings is 2. The molecule has 0 aliphatic heterocycles. The summed E-state index contributed by atoms with van der Waals surface area (Å²) < 4.78 is 0. The van der Waals surface area contributed by atoms with E-state index in [0.717, 1.165) is 22.5 Å². The van der Waals surface area contributed by atoms with E-state index >= 15 is 0 Å². The number of aryl methyl sites for hydroxylation is 2. The maximum atomic E-state index is 12.8. The lowest BCUT2D eigenvalue weighted by Crippen LogP contribution is -2.17. The molecule has 0 radical (unpaired) electrons. The zero-order valence-corrected chi connectivity index (χ0v) is 16.1. The Balaban J connectivity index is 1.81. The van der Waals surface area contributed by atoms with Crippen molar-refractivity contribution in [3.63, 3.8) is 0 Å². The molecule has 0 saturated heterocycles. The van der Waals surface area contributed by atoms with Crippen molar-refractivity contribution in [1.29, 1.82) is 0 Å². The lowest BCUT2D eigenvalue weighted by Gasteiger charge is -2.16. The van der Waals surface area contributed by atoms with E-state index in [4.69, 9.17) is 0 Å². The molecule has 5 nitrogen and oxygen atoms in total. The van der Waals surface area contributed by atoms with Crippen molar-refractivity contribution < 1.29 is 4.79 Å². The summed E-state index contributed by atoms with van der Waals surface area (Å²) in [4.78, 5) is 21.3. The molecule has 3 aromatic rings. The van der Waals surface area contributed by atoms with Crippen molar-refractivity contribution >= 4 is 23.2 Å². The van der Waals surface area contributed by atoms with Gasteiger partial charge in [0.2, 0.25) is 5.95 Å². The van der Waals surface area contributed by atoms with Crippen molar-refractivity contribution in [3.05, 3.63) is 77.1 Å². The van der Waals surface area contributed by atoms with Gasteiger partial charge in [-0.25, -0.2) is 9.97 Å². The molecule has 138 valence electrons. The SMILES string of the molecule is Cc1ccc(Nc2nccc(C(=O)Nc3c(C)cccc3C(C)C)n2)cc1. The molecule has 3 rings (SSSR count). The molecule has 2 N–H and O–H groups in total. The van der Waals surface area contributed by atoms with Gasteiger partial charge in [-0.15, -0.1) is 0 Å². The number of amides is 1. The van der Waals surface area contributed by atoms with E-state index in [0.29, 0.717) is 17.6 Å². The van der Waals surface area contributed by atoms with Crippen LogP contribution in [0.4, 0.5) is 17.3 Å². The molecular formula is C22H24N4O. The molecule has 2 aromatic carbocycles. The highest BCUT2D eigenvalue weighted by Crippen LogP contribution is 2.27. The predicted octanol–water partition coefficient (Wildman–Crippen LogP) is 5.21. The normalized spacial score (nSPS) is 10.7. The fourth-order valence-corrected chi connectivity index (χ4v) is 2.83. The minimum atomic E-state index is -0.249. The predicted molar refractivity (Wildman–Crippen MR) is 110 cm³/mol. The number of aromatic nitrogens is 2. The second kappa shape index (κ2) is 7.99. The van der Waals surface area contributed by atoms with Crippen molar-refractivity contribution in [2.75, 3.05) is 10.6 Å². The average molecular weight is 360 g/mol. The van der Waals surface area contributed by atoms with Crippen LogP contribution >= 0.6 is 0 Å². The number of para-hydroxylation sites is 1. The summed E-state index contributed by atoms with van der Waals surface area (Å²) in [6, 6.07) is 15.6. The third kappa shape index (κ3) is 4.50. The number of hydrogen-bond donors (Lipinski definition) is 2. The van der Waals surface area contributed by atoms with Gasteiger partial charge < -0.3 is 10.6 Å². The highest BCUT2D eigenvalue weighted by Gasteiger charge is 2.15. The molecule has 0 aliphatic rings. The summed E-state index contributed by atoms with van der Waals surface area (Å²) in [7, 11) is 0. The van der Waals surface area contributed by atoms with E-state index in [2.05, 4.69) is 34.4 Å². The zero-order chi connectivity index (χ0) is 19.4. The van der Waals surface area contributed by atoms with Crippen LogP contribution in [0.15, 0.2) is 54.7 Å². The van der Waals surface area contributed by atoms with Crippen LogP contribution in [0.2, 0.25) is 0 Å². The highest BCUT2D eigenvalue weighted by molar-refractivity contribution is 6.04. The Bertz CT molecular complexity index is 949. The summed E-state index contributed by atoms with van der Waals surface area (Å²) in [5.41, 5.74) is 5.35. The quantitative estimate of drug-likeness (QED) is 0.655. The molecule has 0 unspecified atom stereocenters. The van der Waals surface area contributed by atoms with Gasteiger partial charge in [-0.05, 0) is 49.1 Å². The van der Waals surface area contributed by atoms with Gasteiger partial charge in [0.15, 0.2) is 0 Å². The number of carbonyl (C=O) groups is 1. The van der Waals surface area contributed by atoms with Gasteiger partial charge in [-0.3, -0.25) is 4.79 Å². The van der Waals surface area contributed by atoms with Crippen LogP contribution < -0.4 is 10.6 Å². The molecule has 1 amide bonds. The maximum Gasteiger partial charge on any atom is 0.274 e. The molecule has 1 heterocycles. The first-order valence-electron chi connectivity index (χ1n) is 9.01. The summed E-state index contributed by atoms with van der Waals surface area (Å²) in [5, 5.41) is 6.15. The van der Waals surface area contributed by atoms with Gasteiger partial charge in [0, 0.05) is 17.6 Å². The standard InChI is InChI=1S/C22H24N4O/c1-14(2)18-7-5-6-16(4)20(18)26-21(27)19-12-13-23-22(25-19)24-17-10-8-15(3)9-11-17/h5-14H,1-4H3,(H,26,27)(H,23,24,25). The third-order valence-corrected chi connectivity index (χ3v) is 4.36. The maximum absolute atomic E-state index is 12.8. The molecule has 0 saturated carbocycles. The highest BCUT2D eigenvalue weighted by atomic mass is 16.1. The van der Waals surface area contributed by atoms with E-state index in [1.165, 1.54) is 5.56 Å². The largest absolute Gasteiger partial charge is 0.324 e. The topological polar surface area (TPSA) is 66.9 Å². The lowest BCUT2D eigenvalue weighted by atomic mass is 9.98. The molecule has 27 heavy (non-hydrogen) atoms. The van der Waals surface area contributed by atoms with Crippen LogP contribution in [0.25, 0.3) is 0 Å². The van der Waals surface area contributed by atoms with Crippen LogP contribution in [-0.4, -0.2) is 15.9 Å². The van der Waals surface area contributed by atoms with E-state index in [1.54, 1.807) is 12.3 Å². The Morgan fingerprint density at radius 3 is 2.44 bits per heavy atom. The lowest BCUT2D eigenvalue weighted by molar-refractivity contribution is 0.102. The molecule has 0 fully saturated rings. The number of anilines is 3. The van der Waals surface area contributed by atoms with Gasteiger partial charge in [0.1, 0.15) is 5.69 Å². The van der Waals surface area contributed by atoms with E-state index in [9.17, 15) is 4.79 Å². The second-order valence-electron chi connectivity index (χ2n) is 6.90. The van der Waals surface area contributed by atoms with Gasteiger partial charge in [-0.2, -0.15) is 0 Å². The van der Waals surface area contributed by atoms with E-state index < -0.39 is 0 Å². The third-order valence-electron chi connectivity index (χ3n) is 4.36. The number of nitrogens with one attached hydrogen (secondary N) is 2. The second-order valence-corrected chi connectivity index (χ2v) is 6.90. The molecule has 0 aliphatic carbocycles. The number of nitrogens with zero attached hydrogens (tertiary/aromatic N) is 2. The summed E-state index contributed by atoms with van der Waals surface area (Å²) in [5.74, 6) is 0.449. The molecule has 1 aromatic heterocycles. The van der Waals surface area contributed by atoms with Crippen molar-refractivity contribution in [2.24, 2.45) is 0 Å². The Hall–Kier alpha value is -3.21. The zero-order valence-electron chi connectivity index (χ0n) is 16.1. The number of hydrogen-bond acceptors (Lipinski definition) is 4.